The molecule has 160 valence electrons. The first-order valence-corrected chi connectivity index (χ1v) is 10.0. The number of piperidine rings is 1. The number of aliphatic hydroxyl groups is 1. The summed E-state index contributed by atoms with van der Waals surface area (Å²) >= 11 is 0. The number of rotatable bonds is 7. The minimum atomic E-state index is -0.502. The Bertz CT molecular complexity index is 691. The minimum Gasteiger partial charge on any atom is -0.481 e. The van der Waals surface area contributed by atoms with Crippen molar-refractivity contribution in [3.05, 3.63) is 23.9 Å². The number of aromatic nitrogens is 1. The van der Waals surface area contributed by atoms with Crippen molar-refractivity contribution >= 4 is 11.8 Å². The van der Waals surface area contributed by atoms with Crippen LogP contribution in [0.25, 0.3) is 0 Å². The van der Waals surface area contributed by atoms with Crippen LogP contribution in [0.2, 0.25) is 0 Å². The Morgan fingerprint density at radius 2 is 2.03 bits per heavy atom. The first kappa shape index (κ1) is 21.5. The van der Waals surface area contributed by atoms with Crippen molar-refractivity contribution in [3.63, 3.8) is 0 Å². The van der Waals surface area contributed by atoms with Crippen molar-refractivity contribution in [1.82, 2.24) is 20.1 Å². The van der Waals surface area contributed by atoms with Gasteiger partial charge in [0.15, 0.2) is 0 Å². The maximum absolute atomic E-state index is 12.7. The van der Waals surface area contributed by atoms with Crippen molar-refractivity contribution in [2.45, 2.75) is 37.5 Å². The van der Waals surface area contributed by atoms with E-state index in [0.29, 0.717) is 50.7 Å². The van der Waals surface area contributed by atoms with Crippen LogP contribution >= 0.6 is 0 Å². The molecule has 0 aliphatic carbocycles. The van der Waals surface area contributed by atoms with Gasteiger partial charge in [-0.2, -0.15) is 0 Å². The minimum absolute atomic E-state index is 0.0473. The summed E-state index contributed by atoms with van der Waals surface area (Å²) in [7, 11) is 3.13. The predicted molar refractivity (Wildman–Crippen MR) is 106 cm³/mol. The van der Waals surface area contributed by atoms with E-state index in [-0.39, 0.29) is 23.9 Å². The zero-order valence-corrected chi connectivity index (χ0v) is 17.0. The van der Waals surface area contributed by atoms with Crippen molar-refractivity contribution in [3.8, 4) is 5.88 Å². The average Bonchev–Trinajstić information content (AvgIpc) is 3.15. The van der Waals surface area contributed by atoms with Gasteiger partial charge in [0, 0.05) is 51.6 Å². The normalized spacial score (nSPS) is 23.2. The number of β-amino-alcohol motifs (C(OH)–C–C–N with tert-alkyl or cyclic N) is 1. The average molecular weight is 406 g/mol. The SMILES string of the molecule is COCCNC(=O)[C@@H]1C[C@@H](O)CN1C1CCN(C(=O)c2ccc(OC)nc2)CC1. The lowest BCUT2D eigenvalue weighted by atomic mass is 10.0. The molecule has 2 amide bonds. The van der Waals surface area contributed by atoms with Gasteiger partial charge in [0.1, 0.15) is 0 Å². The van der Waals surface area contributed by atoms with Crippen LogP contribution in [-0.4, -0.2) is 96.9 Å². The lowest BCUT2D eigenvalue weighted by molar-refractivity contribution is -0.126. The highest BCUT2D eigenvalue weighted by Crippen LogP contribution is 2.27. The molecule has 0 aromatic carbocycles. The number of aliphatic hydroxyl groups excluding tert-OH is 1. The number of methoxy groups -OCH3 is 2. The summed E-state index contributed by atoms with van der Waals surface area (Å²) in [6, 6.07) is 3.24. The largest absolute Gasteiger partial charge is 0.481 e. The molecule has 0 saturated carbocycles. The highest BCUT2D eigenvalue weighted by Gasteiger charge is 2.40. The standard InChI is InChI=1S/C20H30N4O5/c1-28-10-7-21-19(26)17-11-16(25)13-24(17)15-5-8-23(9-6-15)20(27)14-3-4-18(29-2)22-12-14/h3-4,12,15-17,25H,5-11,13H2,1-2H3,(H,21,26)/t16-,17+/m1/s1. The van der Waals surface area contributed by atoms with E-state index in [9.17, 15) is 14.7 Å². The number of hydrogen-bond acceptors (Lipinski definition) is 7. The zero-order valence-electron chi connectivity index (χ0n) is 17.0. The third-order valence-corrected chi connectivity index (χ3v) is 5.64. The first-order valence-electron chi connectivity index (χ1n) is 10.0. The Morgan fingerprint density at radius 1 is 1.28 bits per heavy atom. The van der Waals surface area contributed by atoms with Gasteiger partial charge in [-0.3, -0.25) is 14.5 Å². The molecule has 2 saturated heterocycles. The summed E-state index contributed by atoms with van der Waals surface area (Å²) in [5, 5.41) is 13.0. The first-order chi connectivity index (χ1) is 14.0. The number of carbonyl (C=O) groups is 2. The molecule has 3 heterocycles. The fourth-order valence-electron chi connectivity index (χ4n) is 4.10. The summed E-state index contributed by atoms with van der Waals surface area (Å²) in [6.45, 7) is 2.63. The topological polar surface area (TPSA) is 104 Å². The molecule has 29 heavy (non-hydrogen) atoms. The number of hydrogen-bond donors (Lipinski definition) is 2. The van der Waals surface area contributed by atoms with Crippen molar-refractivity contribution in [2.75, 3.05) is 47.0 Å². The molecule has 1 aromatic rings. The molecule has 2 aliphatic heterocycles. The fourth-order valence-corrected chi connectivity index (χ4v) is 4.10. The monoisotopic (exact) mass is 406 g/mol. The van der Waals surface area contributed by atoms with Crippen LogP contribution in [0.1, 0.15) is 29.6 Å². The smallest absolute Gasteiger partial charge is 0.255 e. The highest BCUT2D eigenvalue weighted by atomic mass is 16.5. The van der Waals surface area contributed by atoms with E-state index in [1.165, 1.54) is 13.3 Å². The second kappa shape index (κ2) is 10.00. The quantitative estimate of drug-likeness (QED) is 0.609. The number of amides is 2. The Kier molecular flexibility index (Phi) is 7.40. The van der Waals surface area contributed by atoms with Gasteiger partial charge in [-0.1, -0.05) is 0 Å². The third kappa shape index (κ3) is 5.23. The predicted octanol–water partition coefficient (Wildman–Crippen LogP) is -0.107. The van der Waals surface area contributed by atoms with Crippen LogP contribution in [0.15, 0.2) is 18.3 Å². The van der Waals surface area contributed by atoms with E-state index in [1.54, 1.807) is 19.2 Å². The molecule has 0 spiro atoms. The number of nitrogens with zero attached hydrogens (tertiary/aromatic N) is 3. The Hall–Kier alpha value is -2.23. The van der Waals surface area contributed by atoms with Crippen LogP contribution in [0.5, 0.6) is 5.88 Å². The van der Waals surface area contributed by atoms with Crippen LogP contribution in [0, 0.1) is 0 Å². The summed E-state index contributed by atoms with van der Waals surface area (Å²) in [4.78, 5) is 33.3. The van der Waals surface area contributed by atoms with Crippen molar-refractivity contribution in [2.24, 2.45) is 0 Å². The van der Waals surface area contributed by atoms with Gasteiger partial charge in [0.05, 0.1) is 31.4 Å². The number of likely N-dealkylation sites (tertiary alicyclic amines) is 2. The molecule has 2 fully saturated rings. The number of nitrogens with one attached hydrogen (secondary N) is 1. The van der Waals surface area contributed by atoms with Gasteiger partial charge in [0.25, 0.3) is 5.91 Å². The molecule has 3 rings (SSSR count). The van der Waals surface area contributed by atoms with Gasteiger partial charge in [0.2, 0.25) is 11.8 Å². The lowest BCUT2D eigenvalue weighted by Crippen LogP contribution is -2.52. The molecule has 9 nitrogen and oxygen atoms in total. The highest BCUT2D eigenvalue weighted by molar-refractivity contribution is 5.94. The van der Waals surface area contributed by atoms with E-state index in [0.717, 1.165) is 12.8 Å². The molecule has 0 bridgehead atoms. The van der Waals surface area contributed by atoms with Crippen LogP contribution < -0.4 is 10.1 Å². The number of carbonyl (C=O) groups excluding carboxylic acids is 2. The van der Waals surface area contributed by atoms with E-state index < -0.39 is 6.10 Å². The van der Waals surface area contributed by atoms with Crippen LogP contribution in [0.3, 0.4) is 0 Å². The zero-order chi connectivity index (χ0) is 20.8. The molecule has 1 aromatic heterocycles. The maximum Gasteiger partial charge on any atom is 0.255 e. The van der Waals surface area contributed by atoms with Crippen LogP contribution in [-0.2, 0) is 9.53 Å². The van der Waals surface area contributed by atoms with E-state index >= 15 is 0 Å². The van der Waals surface area contributed by atoms with Gasteiger partial charge in [-0.25, -0.2) is 4.98 Å². The summed E-state index contributed by atoms with van der Waals surface area (Å²) < 4.78 is 10.0. The molecule has 9 heteroatoms. The second-order valence-corrected chi connectivity index (χ2v) is 7.50. The Balaban J connectivity index is 1.55. The summed E-state index contributed by atoms with van der Waals surface area (Å²) in [5.74, 6) is 0.359. The van der Waals surface area contributed by atoms with E-state index in [4.69, 9.17) is 9.47 Å². The van der Waals surface area contributed by atoms with Crippen molar-refractivity contribution < 1.29 is 24.2 Å². The van der Waals surface area contributed by atoms with Gasteiger partial charge < -0.3 is 24.8 Å². The Labute approximate surface area is 171 Å². The van der Waals surface area contributed by atoms with Gasteiger partial charge in [-0.15, -0.1) is 0 Å². The number of ether oxygens (including phenoxy) is 2. The second-order valence-electron chi connectivity index (χ2n) is 7.50. The lowest BCUT2D eigenvalue weighted by Gasteiger charge is -2.38. The molecule has 0 unspecified atom stereocenters. The number of pyridine rings is 1. The third-order valence-electron chi connectivity index (χ3n) is 5.64. The summed E-state index contributed by atoms with van der Waals surface area (Å²) in [5.41, 5.74) is 0.538. The summed E-state index contributed by atoms with van der Waals surface area (Å²) in [6.07, 6.45) is 3.01. The molecule has 2 atom stereocenters. The van der Waals surface area contributed by atoms with Crippen molar-refractivity contribution in [1.29, 1.82) is 0 Å². The van der Waals surface area contributed by atoms with Crippen LogP contribution in [0.4, 0.5) is 0 Å². The molecule has 2 N–H and O–H groups in total. The Morgan fingerprint density at radius 3 is 2.66 bits per heavy atom. The molecule has 0 radical (unpaired) electrons. The molecular formula is C20H30N4O5. The maximum atomic E-state index is 12.7. The van der Waals surface area contributed by atoms with Gasteiger partial charge >= 0.3 is 0 Å². The molecule has 2 aliphatic rings. The fraction of sp³-hybridized carbons (Fsp3) is 0.650. The van der Waals surface area contributed by atoms with Gasteiger partial charge in [-0.05, 0) is 25.3 Å². The molecular weight excluding hydrogens is 376 g/mol. The van der Waals surface area contributed by atoms with E-state index in [2.05, 4.69) is 15.2 Å². The van der Waals surface area contributed by atoms with E-state index in [1.807, 2.05) is 4.90 Å².